The van der Waals surface area contributed by atoms with Gasteiger partial charge in [-0.05, 0) is 69.7 Å². The molecule has 0 radical (unpaired) electrons. The lowest BCUT2D eigenvalue weighted by molar-refractivity contribution is 0.0836. The Hall–Kier alpha value is -2.14. The number of aryl methyl sites for hydroxylation is 2. The molecule has 1 saturated carbocycles. The molecule has 1 N–H and O–H groups in total. The van der Waals surface area contributed by atoms with Gasteiger partial charge in [-0.2, -0.15) is 9.49 Å². The molecular formula is C23H31ClFN3O. The number of rotatable bonds is 6. The SMILES string of the molecule is C=C(NC1CCC(Cn2nc(C)cc2C)CC1)c1cc(C(=O)F)ccc1Cl.CC. The third-order valence-corrected chi connectivity index (χ3v) is 5.61. The van der Waals surface area contributed by atoms with E-state index in [1.165, 1.54) is 23.9 Å². The number of halogens is 2. The summed E-state index contributed by atoms with van der Waals surface area (Å²) < 4.78 is 15.1. The van der Waals surface area contributed by atoms with Crippen molar-refractivity contribution in [3.63, 3.8) is 0 Å². The largest absolute Gasteiger partial charge is 0.382 e. The molecule has 158 valence electrons. The summed E-state index contributed by atoms with van der Waals surface area (Å²) in [5.41, 5.74) is 3.46. The number of hydrogen-bond acceptors (Lipinski definition) is 3. The van der Waals surface area contributed by atoms with Crippen molar-refractivity contribution in [2.45, 2.75) is 66.0 Å². The molecule has 1 aromatic carbocycles. The number of nitrogens with one attached hydrogen (secondary N) is 1. The number of carbonyl (C=O) groups is 1. The van der Waals surface area contributed by atoms with Gasteiger partial charge in [0.15, 0.2) is 0 Å². The van der Waals surface area contributed by atoms with E-state index in [1.54, 1.807) is 0 Å². The Morgan fingerprint density at radius 2 is 1.90 bits per heavy atom. The Balaban J connectivity index is 0.00000145. The predicted molar refractivity (Wildman–Crippen MR) is 118 cm³/mol. The van der Waals surface area contributed by atoms with Crippen molar-refractivity contribution in [3.8, 4) is 0 Å². The Bertz CT molecular complexity index is 854. The van der Waals surface area contributed by atoms with Crippen molar-refractivity contribution in [2.75, 3.05) is 0 Å². The third-order valence-electron chi connectivity index (χ3n) is 5.28. The highest BCUT2D eigenvalue weighted by atomic mass is 35.5. The second-order valence-corrected chi connectivity index (χ2v) is 7.83. The van der Waals surface area contributed by atoms with Crippen LogP contribution in [-0.2, 0) is 6.54 Å². The van der Waals surface area contributed by atoms with Crippen LogP contribution in [0.5, 0.6) is 0 Å². The summed E-state index contributed by atoms with van der Waals surface area (Å²) >= 11 is 6.20. The van der Waals surface area contributed by atoms with Gasteiger partial charge in [0.25, 0.3) is 0 Å². The highest BCUT2D eigenvalue weighted by molar-refractivity contribution is 6.32. The lowest BCUT2D eigenvalue weighted by atomic mass is 9.85. The molecule has 0 aliphatic heterocycles. The smallest absolute Gasteiger partial charge is 0.332 e. The monoisotopic (exact) mass is 419 g/mol. The summed E-state index contributed by atoms with van der Waals surface area (Å²) in [4.78, 5) is 11.0. The molecule has 1 fully saturated rings. The van der Waals surface area contributed by atoms with Crippen molar-refractivity contribution in [1.29, 1.82) is 0 Å². The number of nitrogens with zero attached hydrogens (tertiary/aromatic N) is 2. The summed E-state index contributed by atoms with van der Waals surface area (Å²) in [6, 6.07) is 5.31. The van der Waals surface area contributed by atoms with Crippen LogP contribution in [-0.4, -0.2) is 21.9 Å². The van der Waals surface area contributed by atoms with Gasteiger partial charge in [0, 0.05) is 34.6 Å². The van der Waals surface area contributed by atoms with Crippen molar-refractivity contribution < 1.29 is 9.18 Å². The molecule has 1 aromatic heterocycles. The van der Waals surface area contributed by atoms with Crippen LogP contribution in [0.1, 0.15) is 66.8 Å². The van der Waals surface area contributed by atoms with E-state index in [0.29, 0.717) is 28.2 Å². The quantitative estimate of drug-likeness (QED) is 0.574. The summed E-state index contributed by atoms with van der Waals surface area (Å²) in [7, 11) is 0. The van der Waals surface area contributed by atoms with Crippen LogP contribution >= 0.6 is 11.6 Å². The zero-order valence-electron chi connectivity index (χ0n) is 17.8. The van der Waals surface area contributed by atoms with E-state index >= 15 is 0 Å². The molecule has 29 heavy (non-hydrogen) atoms. The van der Waals surface area contributed by atoms with Crippen LogP contribution in [0.15, 0.2) is 30.8 Å². The average Bonchev–Trinajstić information content (AvgIpc) is 3.01. The molecule has 4 nitrogen and oxygen atoms in total. The first kappa shape index (κ1) is 23.1. The van der Waals surface area contributed by atoms with Crippen LogP contribution < -0.4 is 5.32 Å². The molecule has 0 saturated heterocycles. The third kappa shape index (κ3) is 6.17. The van der Waals surface area contributed by atoms with Crippen molar-refractivity contribution >= 4 is 23.3 Å². The van der Waals surface area contributed by atoms with E-state index in [9.17, 15) is 9.18 Å². The van der Waals surface area contributed by atoms with Crippen LogP contribution in [0.2, 0.25) is 5.02 Å². The Morgan fingerprint density at radius 1 is 1.24 bits per heavy atom. The minimum Gasteiger partial charge on any atom is -0.382 e. The first-order valence-electron chi connectivity index (χ1n) is 10.3. The maximum atomic E-state index is 13.0. The topological polar surface area (TPSA) is 46.9 Å². The molecule has 1 heterocycles. The lowest BCUT2D eigenvalue weighted by Gasteiger charge is -2.30. The van der Waals surface area contributed by atoms with Gasteiger partial charge < -0.3 is 5.32 Å². The molecule has 1 aliphatic carbocycles. The van der Waals surface area contributed by atoms with Gasteiger partial charge in [0.2, 0.25) is 0 Å². The number of hydrogen-bond donors (Lipinski definition) is 1. The molecule has 6 heteroatoms. The molecule has 2 aromatic rings. The number of aromatic nitrogens is 2. The second-order valence-electron chi connectivity index (χ2n) is 7.42. The van der Waals surface area contributed by atoms with Gasteiger partial charge in [0.1, 0.15) is 0 Å². The summed E-state index contributed by atoms with van der Waals surface area (Å²) in [5, 5.41) is 8.42. The van der Waals surface area contributed by atoms with E-state index in [1.807, 2.05) is 20.8 Å². The Kier molecular flexibility index (Phi) is 8.45. The van der Waals surface area contributed by atoms with E-state index in [4.69, 9.17) is 11.6 Å². The van der Waals surface area contributed by atoms with Gasteiger partial charge >= 0.3 is 6.04 Å². The molecule has 1 aliphatic rings. The van der Waals surface area contributed by atoms with Crippen LogP contribution in [0.4, 0.5) is 4.39 Å². The van der Waals surface area contributed by atoms with Gasteiger partial charge in [-0.15, -0.1) is 0 Å². The van der Waals surface area contributed by atoms with Gasteiger partial charge in [-0.1, -0.05) is 32.0 Å². The van der Waals surface area contributed by atoms with Gasteiger partial charge in [-0.25, -0.2) is 0 Å². The molecule has 0 bridgehead atoms. The van der Waals surface area contributed by atoms with Crippen molar-refractivity contribution in [2.24, 2.45) is 5.92 Å². The molecule has 0 amide bonds. The second kappa shape index (κ2) is 10.6. The summed E-state index contributed by atoms with van der Waals surface area (Å²) in [6.45, 7) is 13.1. The van der Waals surface area contributed by atoms with Gasteiger partial charge in [0.05, 0.1) is 11.3 Å². The lowest BCUT2D eigenvalue weighted by Crippen LogP contribution is -2.33. The minimum atomic E-state index is -1.47. The average molecular weight is 420 g/mol. The fraction of sp³-hybridized carbons (Fsp3) is 0.478. The molecule has 0 spiro atoms. The predicted octanol–water partition coefficient (Wildman–Crippen LogP) is 6.11. The fourth-order valence-electron chi connectivity index (χ4n) is 3.80. The summed E-state index contributed by atoms with van der Waals surface area (Å²) in [5.74, 6) is 0.616. The normalized spacial score (nSPS) is 18.6. The first-order valence-corrected chi connectivity index (χ1v) is 10.7. The fourth-order valence-corrected chi connectivity index (χ4v) is 4.03. The van der Waals surface area contributed by atoms with E-state index in [0.717, 1.165) is 37.9 Å². The zero-order valence-corrected chi connectivity index (χ0v) is 18.5. The Labute approximate surface area is 178 Å². The zero-order chi connectivity index (χ0) is 21.6. The molecule has 0 atom stereocenters. The molecule has 0 unspecified atom stereocenters. The van der Waals surface area contributed by atoms with Crippen LogP contribution in [0.25, 0.3) is 5.70 Å². The summed E-state index contributed by atoms with van der Waals surface area (Å²) in [6.07, 6.45) is 4.28. The Morgan fingerprint density at radius 3 is 2.45 bits per heavy atom. The first-order chi connectivity index (χ1) is 13.8. The number of carbonyl (C=O) groups excluding carboxylic acids is 1. The van der Waals surface area contributed by atoms with Crippen molar-refractivity contribution in [1.82, 2.24) is 15.1 Å². The molecule has 3 rings (SSSR count). The standard InChI is InChI=1S/C21H25ClFN3O.C2H6/c1-13-10-14(2)26(25-13)12-16-4-7-18(8-5-16)24-15(3)19-11-17(21(23)27)6-9-20(19)22;1-2/h6,9-11,16,18,24H,3-5,7-8,12H2,1-2H3;1-2H3. The highest BCUT2D eigenvalue weighted by Crippen LogP contribution is 2.29. The van der Waals surface area contributed by atoms with E-state index in [2.05, 4.69) is 34.7 Å². The minimum absolute atomic E-state index is 0.00839. The maximum Gasteiger partial charge on any atom is 0.332 e. The highest BCUT2D eigenvalue weighted by Gasteiger charge is 2.23. The van der Waals surface area contributed by atoms with Crippen molar-refractivity contribution in [3.05, 3.63) is 58.4 Å². The van der Waals surface area contributed by atoms with Crippen LogP contribution in [0, 0.1) is 19.8 Å². The number of benzene rings is 1. The molecular weight excluding hydrogens is 389 g/mol. The maximum absolute atomic E-state index is 13.0. The van der Waals surface area contributed by atoms with Crippen LogP contribution in [0.3, 0.4) is 0 Å². The van der Waals surface area contributed by atoms with E-state index < -0.39 is 6.04 Å². The van der Waals surface area contributed by atoms with E-state index in [-0.39, 0.29) is 5.56 Å². The van der Waals surface area contributed by atoms with Gasteiger partial charge in [-0.3, -0.25) is 9.48 Å².